The van der Waals surface area contributed by atoms with E-state index in [1.165, 1.54) is 45.1 Å². The quantitative estimate of drug-likeness (QED) is 0.693. The Labute approximate surface area is 128 Å². The van der Waals surface area contributed by atoms with Crippen LogP contribution in [0.2, 0.25) is 0 Å². The van der Waals surface area contributed by atoms with Crippen molar-refractivity contribution >= 4 is 22.0 Å². The molecule has 0 fully saturated rings. The first-order valence-corrected chi connectivity index (χ1v) is 7.92. The normalized spacial score (nSPS) is 16.9. The highest BCUT2D eigenvalue weighted by molar-refractivity contribution is 9.10. The SMILES string of the molecule is CCCC1C(C)=Cc2c(Br)cc(-c3ccncc3)cc21. The third-order valence-corrected chi connectivity index (χ3v) is 4.71. The van der Waals surface area contributed by atoms with Crippen molar-refractivity contribution in [2.24, 2.45) is 0 Å². The highest BCUT2D eigenvalue weighted by Gasteiger charge is 2.24. The molecule has 1 heterocycles. The zero-order valence-corrected chi connectivity index (χ0v) is 13.4. The van der Waals surface area contributed by atoms with Crippen molar-refractivity contribution in [3.05, 3.63) is 57.8 Å². The second kappa shape index (κ2) is 5.53. The van der Waals surface area contributed by atoms with Gasteiger partial charge in [0, 0.05) is 22.8 Å². The Bertz CT molecular complexity index is 659. The summed E-state index contributed by atoms with van der Waals surface area (Å²) in [6, 6.07) is 8.70. The number of hydrogen-bond donors (Lipinski definition) is 0. The fourth-order valence-corrected chi connectivity index (χ4v) is 3.63. The molecule has 2 aromatic rings. The molecule has 1 aliphatic carbocycles. The molecular weight excluding hydrogens is 310 g/mol. The summed E-state index contributed by atoms with van der Waals surface area (Å²) in [4.78, 5) is 4.10. The fourth-order valence-electron chi connectivity index (χ4n) is 3.04. The molecule has 3 rings (SSSR count). The molecule has 1 aromatic heterocycles. The zero-order valence-electron chi connectivity index (χ0n) is 11.9. The van der Waals surface area contributed by atoms with Gasteiger partial charge in [0.25, 0.3) is 0 Å². The van der Waals surface area contributed by atoms with E-state index >= 15 is 0 Å². The molecule has 0 saturated carbocycles. The molecule has 1 aromatic carbocycles. The van der Waals surface area contributed by atoms with Crippen LogP contribution in [0.25, 0.3) is 17.2 Å². The molecule has 0 spiro atoms. The van der Waals surface area contributed by atoms with Crippen LogP contribution in [-0.2, 0) is 0 Å². The Morgan fingerprint density at radius 2 is 1.90 bits per heavy atom. The van der Waals surface area contributed by atoms with Crippen LogP contribution in [0.3, 0.4) is 0 Å². The van der Waals surface area contributed by atoms with E-state index in [1.807, 2.05) is 12.4 Å². The van der Waals surface area contributed by atoms with Crippen LogP contribution < -0.4 is 0 Å². The second-order valence-corrected chi connectivity index (χ2v) is 6.28. The lowest BCUT2D eigenvalue weighted by molar-refractivity contribution is 0.697. The first kappa shape index (κ1) is 13.6. The highest BCUT2D eigenvalue weighted by Crippen LogP contribution is 2.44. The lowest BCUT2D eigenvalue weighted by Gasteiger charge is -2.15. The van der Waals surface area contributed by atoms with Crippen LogP contribution in [0.4, 0.5) is 0 Å². The lowest BCUT2D eigenvalue weighted by atomic mass is 9.90. The van der Waals surface area contributed by atoms with Crippen molar-refractivity contribution in [1.82, 2.24) is 4.98 Å². The van der Waals surface area contributed by atoms with Crippen LogP contribution in [0.5, 0.6) is 0 Å². The van der Waals surface area contributed by atoms with E-state index in [-0.39, 0.29) is 0 Å². The number of aromatic nitrogens is 1. The van der Waals surface area contributed by atoms with Crippen molar-refractivity contribution in [2.45, 2.75) is 32.6 Å². The molecular formula is C18H18BrN. The van der Waals surface area contributed by atoms with Gasteiger partial charge < -0.3 is 0 Å². The third kappa shape index (κ3) is 2.33. The molecule has 102 valence electrons. The van der Waals surface area contributed by atoms with Crippen molar-refractivity contribution in [2.75, 3.05) is 0 Å². The second-order valence-electron chi connectivity index (χ2n) is 5.43. The first-order chi connectivity index (χ1) is 9.70. The number of pyridine rings is 1. The Balaban J connectivity index is 2.10. The van der Waals surface area contributed by atoms with Crippen molar-refractivity contribution in [1.29, 1.82) is 0 Å². The summed E-state index contributed by atoms with van der Waals surface area (Å²) in [5.74, 6) is 0.577. The molecule has 0 amide bonds. The minimum Gasteiger partial charge on any atom is -0.265 e. The summed E-state index contributed by atoms with van der Waals surface area (Å²) in [5, 5.41) is 0. The van der Waals surface area contributed by atoms with Gasteiger partial charge in [0.1, 0.15) is 0 Å². The van der Waals surface area contributed by atoms with Gasteiger partial charge in [-0.15, -0.1) is 0 Å². The molecule has 0 aliphatic heterocycles. The van der Waals surface area contributed by atoms with E-state index in [2.05, 4.69) is 65.1 Å². The van der Waals surface area contributed by atoms with Crippen molar-refractivity contribution in [3.8, 4) is 11.1 Å². The predicted octanol–water partition coefficient (Wildman–Crippen LogP) is 5.81. The van der Waals surface area contributed by atoms with E-state index in [4.69, 9.17) is 0 Å². The largest absolute Gasteiger partial charge is 0.265 e. The minimum atomic E-state index is 0.577. The Kier molecular flexibility index (Phi) is 3.75. The maximum atomic E-state index is 4.10. The van der Waals surface area contributed by atoms with Crippen molar-refractivity contribution in [3.63, 3.8) is 0 Å². The number of allylic oxidation sites excluding steroid dienone is 1. The molecule has 0 saturated heterocycles. The van der Waals surface area contributed by atoms with Crippen LogP contribution in [-0.4, -0.2) is 4.98 Å². The molecule has 1 nitrogen and oxygen atoms in total. The van der Waals surface area contributed by atoms with Gasteiger partial charge >= 0.3 is 0 Å². The minimum absolute atomic E-state index is 0.577. The molecule has 20 heavy (non-hydrogen) atoms. The van der Waals surface area contributed by atoms with E-state index in [0.717, 1.165) is 0 Å². The average molecular weight is 328 g/mol. The molecule has 0 N–H and O–H groups in total. The zero-order chi connectivity index (χ0) is 14.1. The highest BCUT2D eigenvalue weighted by atomic mass is 79.9. The predicted molar refractivity (Wildman–Crippen MR) is 88.7 cm³/mol. The third-order valence-electron chi connectivity index (χ3n) is 4.05. The van der Waals surface area contributed by atoms with Crippen LogP contribution in [0.1, 0.15) is 43.7 Å². The summed E-state index contributed by atoms with van der Waals surface area (Å²) in [6.45, 7) is 4.51. The molecule has 1 unspecified atom stereocenters. The number of rotatable bonds is 3. The first-order valence-electron chi connectivity index (χ1n) is 7.12. The van der Waals surface area contributed by atoms with E-state index in [9.17, 15) is 0 Å². The van der Waals surface area contributed by atoms with Gasteiger partial charge in [-0.3, -0.25) is 4.98 Å². The smallest absolute Gasteiger partial charge is 0.0273 e. The summed E-state index contributed by atoms with van der Waals surface area (Å²) in [7, 11) is 0. The lowest BCUT2D eigenvalue weighted by Crippen LogP contribution is -1.97. The molecule has 0 radical (unpaired) electrons. The van der Waals surface area contributed by atoms with Gasteiger partial charge in [-0.25, -0.2) is 0 Å². The van der Waals surface area contributed by atoms with Gasteiger partial charge in [0.05, 0.1) is 0 Å². The van der Waals surface area contributed by atoms with E-state index < -0.39 is 0 Å². The number of fused-ring (bicyclic) bond motifs is 1. The number of hydrogen-bond acceptors (Lipinski definition) is 1. The van der Waals surface area contributed by atoms with Gasteiger partial charge in [-0.05, 0) is 59.9 Å². The summed E-state index contributed by atoms with van der Waals surface area (Å²) < 4.78 is 1.19. The average Bonchev–Trinajstić information content (AvgIpc) is 2.78. The van der Waals surface area contributed by atoms with Crippen LogP contribution in [0, 0.1) is 0 Å². The Morgan fingerprint density at radius 3 is 2.60 bits per heavy atom. The maximum Gasteiger partial charge on any atom is 0.0273 e. The van der Waals surface area contributed by atoms with Gasteiger partial charge in [-0.2, -0.15) is 0 Å². The van der Waals surface area contributed by atoms with Crippen molar-refractivity contribution < 1.29 is 0 Å². The standard InChI is InChI=1S/C18H18BrN/c1-3-4-15-12(2)9-17-16(15)10-14(11-18(17)19)13-5-7-20-8-6-13/h5-11,15H,3-4H2,1-2H3. The molecule has 1 atom stereocenters. The summed E-state index contributed by atoms with van der Waals surface area (Å²) in [6.07, 6.45) is 8.47. The summed E-state index contributed by atoms with van der Waals surface area (Å²) in [5.41, 5.74) is 6.80. The van der Waals surface area contributed by atoms with Crippen LogP contribution >= 0.6 is 15.9 Å². The molecule has 0 bridgehead atoms. The maximum absolute atomic E-state index is 4.10. The van der Waals surface area contributed by atoms with Gasteiger partial charge in [-0.1, -0.05) is 40.9 Å². The van der Waals surface area contributed by atoms with Gasteiger partial charge in [0.15, 0.2) is 0 Å². The van der Waals surface area contributed by atoms with E-state index in [0.29, 0.717) is 5.92 Å². The monoisotopic (exact) mass is 327 g/mol. The number of halogens is 1. The number of benzene rings is 1. The Hall–Kier alpha value is -1.41. The van der Waals surface area contributed by atoms with Gasteiger partial charge in [0.2, 0.25) is 0 Å². The fraction of sp³-hybridized carbons (Fsp3) is 0.278. The molecule has 1 aliphatic rings. The van der Waals surface area contributed by atoms with Crippen LogP contribution in [0.15, 0.2) is 46.7 Å². The topological polar surface area (TPSA) is 12.9 Å². The number of nitrogens with zero attached hydrogens (tertiary/aromatic N) is 1. The summed E-state index contributed by atoms with van der Waals surface area (Å²) >= 11 is 3.74. The van der Waals surface area contributed by atoms with E-state index in [1.54, 1.807) is 0 Å². The molecule has 2 heteroatoms. The Morgan fingerprint density at radius 1 is 1.15 bits per heavy atom.